The summed E-state index contributed by atoms with van der Waals surface area (Å²) >= 11 is 0. The van der Waals surface area contributed by atoms with Gasteiger partial charge >= 0.3 is 0 Å². The zero-order chi connectivity index (χ0) is 23.0. The van der Waals surface area contributed by atoms with Crippen LogP contribution in [0.5, 0.6) is 5.75 Å². The van der Waals surface area contributed by atoms with E-state index in [-0.39, 0.29) is 11.9 Å². The van der Waals surface area contributed by atoms with Gasteiger partial charge < -0.3 is 10.1 Å². The molecule has 1 heterocycles. The summed E-state index contributed by atoms with van der Waals surface area (Å²) < 4.78 is 32.6. The van der Waals surface area contributed by atoms with Gasteiger partial charge in [-0.2, -0.15) is 4.31 Å². The standard InChI is InChI=1S/C25H34N2O4S/c1-3-24(21-11-13-22(31-2)14-12-21)26-25(28)17-10-20-8-15-23(16-9-20)32(29,30)27-18-6-4-5-7-19-27/h8-9,11-16,24H,3-7,10,17-19H2,1-2H3,(H,26,28). The fourth-order valence-corrected chi connectivity index (χ4v) is 5.56. The van der Waals surface area contributed by atoms with Gasteiger partial charge in [0.2, 0.25) is 15.9 Å². The first-order chi connectivity index (χ1) is 15.4. The van der Waals surface area contributed by atoms with Crippen LogP contribution in [0.3, 0.4) is 0 Å². The molecule has 1 unspecified atom stereocenters. The minimum absolute atomic E-state index is 0.0195. The molecule has 3 rings (SSSR count). The van der Waals surface area contributed by atoms with Crippen LogP contribution in [-0.4, -0.2) is 38.8 Å². The third-order valence-corrected chi connectivity index (χ3v) is 7.94. The largest absolute Gasteiger partial charge is 0.497 e. The predicted octanol–water partition coefficient (Wildman–Crippen LogP) is 4.46. The molecule has 0 bridgehead atoms. The van der Waals surface area contributed by atoms with Gasteiger partial charge in [0.25, 0.3) is 0 Å². The van der Waals surface area contributed by atoms with E-state index in [1.165, 1.54) is 0 Å². The lowest BCUT2D eigenvalue weighted by atomic mass is 10.0. The first-order valence-electron chi connectivity index (χ1n) is 11.5. The second-order valence-electron chi connectivity index (χ2n) is 8.26. The summed E-state index contributed by atoms with van der Waals surface area (Å²) in [5.41, 5.74) is 2.00. The van der Waals surface area contributed by atoms with Crippen LogP contribution in [0.1, 0.15) is 62.6 Å². The van der Waals surface area contributed by atoms with Crippen LogP contribution >= 0.6 is 0 Å². The molecule has 0 saturated carbocycles. The molecule has 0 radical (unpaired) electrons. The minimum atomic E-state index is -3.44. The van der Waals surface area contributed by atoms with Gasteiger partial charge in [0, 0.05) is 19.5 Å². The van der Waals surface area contributed by atoms with E-state index in [0.29, 0.717) is 30.8 Å². The van der Waals surface area contributed by atoms with Crippen LogP contribution in [0.25, 0.3) is 0 Å². The topological polar surface area (TPSA) is 75.7 Å². The molecule has 0 aliphatic carbocycles. The third kappa shape index (κ3) is 6.33. The number of nitrogens with zero attached hydrogens (tertiary/aromatic N) is 1. The van der Waals surface area contributed by atoms with Gasteiger partial charge in [0.1, 0.15) is 5.75 Å². The Kier molecular flexibility index (Phi) is 8.70. The molecule has 1 aliphatic rings. The predicted molar refractivity (Wildman–Crippen MR) is 126 cm³/mol. The first-order valence-corrected chi connectivity index (χ1v) is 12.9. The number of hydrogen-bond donors (Lipinski definition) is 1. The van der Waals surface area contributed by atoms with E-state index < -0.39 is 10.0 Å². The van der Waals surface area contributed by atoms with E-state index in [1.54, 1.807) is 23.5 Å². The summed E-state index contributed by atoms with van der Waals surface area (Å²) in [5, 5.41) is 3.09. The highest BCUT2D eigenvalue weighted by molar-refractivity contribution is 7.89. The van der Waals surface area contributed by atoms with Gasteiger partial charge in [0.05, 0.1) is 18.0 Å². The van der Waals surface area contributed by atoms with Gasteiger partial charge in [0.15, 0.2) is 0 Å². The molecule has 1 amide bonds. The molecule has 1 aliphatic heterocycles. The van der Waals surface area contributed by atoms with Crippen molar-refractivity contribution in [2.24, 2.45) is 0 Å². The van der Waals surface area contributed by atoms with Crippen molar-refractivity contribution in [3.63, 3.8) is 0 Å². The number of amides is 1. The average Bonchev–Trinajstić information content (AvgIpc) is 3.12. The van der Waals surface area contributed by atoms with Crippen molar-refractivity contribution in [2.75, 3.05) is 20.2 Å². The molecule has 6 nitrogen and oxygen atoms in total. The van der Waals surface area contributed by atoms with Crippen LogP contribution in [0, 0.1) is 0 Å². The van der Waals surface area contributed by atoms with Gasteiger partial charge in [-0.05, 0) is 61.1 Å². The van der Waals surface area contributed by atoms with Crippen molar-refractivity contribution in [1.82, 2.24) is 9.62 Å². The van der Waals surface area contributed by atoms with Crippen molar-refractivity contribution in [3.8, 4) is 5.75 Å². The van der Waals surface area contributed by atoms with Gasteiger partial charge in [-0.3, -0.25) is 4.79 Å². The number of hydrogen-bond acceptors (Lipinski definition) is 4. The highest BCUT2D eigenvalue weighted by Gasteiger charge is 2.25. The average molecular weight is 459 g/mol. The number of aryl methyl sites for hydroxylation is 1. The van der Waals surface area contributed by atoms with E-state index in [2.05, 4.69) is 5.32 Å². The molecule has 0 aromatic heterocycles. The Morgan fingerprint density at radius 3 is 2.19 bits per heavy atom. The number of nitrogens with one attached hydrogen (secondary N) is 1. The normalized spacial score (nSPS) is 16.2. The van der Waals surface area contributed by atoms with Gasteiger partial charge in [-0.25, -0.2) is 8.42 Å². The molecule has 1 N–H and O–H groups in total. The van der Waals surface area contributed by atoms with Crippen LogP contribution < -0.4 is 10.1 Å². The van der Waals surface area contributed by atoms with E-state index in [1.807, 2.05) is 43.3 Å². The molecule has 2 aromatic carbocycles. The maximum atomic E-state index is 12.9. The number of carbonyl (C=O) groups excluding carboxylic acids is 1. The molecule has 2 aromatic rings. The summed E-state index contributed by atoms with van der Waals surface area (Å²) in [4.78, 5) is 12.8. The Morgan fingerprint density at radius 2 is 1.62 bits per heavy atom. The Morgan fingerprint density at radius 1 is 1.00 bits per heavy atom. The quantitative estimate of drug-likeness (QED) is 0.602. The molecule has 1 saturated heterocycles. The fraction of sp³-hybridized carbons (Fsp3) is 0.480. The Hall–Kier alpha value is -2.38. The lowest BCUT2D eigenvalue weighted by Gasteiger charge is -2.20. The molecular formula is C25H34N2O4S. The molecule has 174 valence electrons. The highest BCUT2D eigenvalue weighted by Crippen LogP contribution is 2.22. The van der Waals surface area contributed by atoms with Gasteiger partial charge in [-0.1, -0.05) is 44.0 Å². The first kappa shape index (κ1) is 24.3. The summed E-state index contributed by atoms with van der Waals surface area (Å²) in [6.07, 6.45) is 5.72. The van der Waals surface area contributed by atoms with E-state index >= 15 is 0 Å². The Balaban J connectivity index is 1.55. The molecular weight excluding hydrogens is 424 g/mol. The number of benzene rings is 2. The SMILES string of the molecule is CCC(NC(=O)CCc1ccc(S(=O)(=O)N2CCCCCC2)cc1)c1ccc(OC)cc1. The maximum absolute atomic E-state index is 12.9. The van der Waals surface area contributed by atoms with Crippen LogP contribution in [0.2, 0.25) is 0 Å². The molecule has 1 fully saturated rings. The summed E-state index contributed by atoms with van der Waals surface area (Å²) in [6.45, 7) is 3.23. The number of carbonyl (C=O) groups is 1. The minimum Gasteiger partial charge on any atom is -0.497 e. The van der Waals surface area contributed by atoms with E-state index in [9.17, 15) is 13.2 Å². The zero-order valence-corrected chi connectivity index (χ0v) is 19.9. The van der Waals surface area contributed by atoms with Crippen LogP contribution in [-0.2, 0) is 21.2 Å². The van der Waals surface area contributed by atoms with Crippen molar-refractivity contribution >= 4 is 15.9 Å². The van der Waals surface area contributed by atoms with Crippen molar-refractivity contribution in [3.05, 3.63) is 59.7 Å². The zero-order valence-electron chi connectivity index (χ0n) is 19.0. The lowest BCUT2D eigenvalue weighted by Crippen LogP contribution is -2.31. The molecule has 32 heavy (non-hydrogen) atoms. The molecule has 0 spiro atoms. The summed E-state index contributed by atoms with van der Waals surface area (Å²) in [7, 11) is -1.81. The van der Waals surface area contributed by atoms with Crippen molar-refractivity contribution in [2.45, 2.75) is 62.8 Å². The second kappa shape index (κ2) is 11.5. The molecule has 1 atom stereocenters. The second-order valence-corrected chi connectivity index (χ2v) is 10.2. The number of rotatable bonds is 9. The van der Waals surface area contributed by atoms with Gasteiger partial charge in [-0.15, -0.1) is 0 Å². The number of methoxy groups -OCH3 is 1. The van der Waals surface area contributed by atoms with E-state index in [4.69, 9.17) is 4.74 Å². The van der Waals surface area contributed by atoms with Crippen LogP contribution in [0.15, 0.2) is 53.4 Å². The van der Waals surface area contributed by atoms with Crippen molar-refractivity contribution in [1.29, 1.82) is 0 Å². The smallest absolute Gasteiger partial charge is 0.243 e. The van der Waals surface area contributed by atoms with Crippen molar-refractivity contribution < 1.29 is 17.9 Å². The number of ether oxygens (including phenoxy) is 1. The lowest BCUT2D eigenvalue weighted by molar-refractivity contribution is -0.121. The Bertz CT molecular complexity index is 964. The monoisotopic (exact) mass is 458 g/mol. The summed E-state index contributed by atoms with van der Waals surface area (Å²) in [6, 6.07) is 14.6. The highest BCUT2D eigenvalue weighted by atomic mass is 32.2. The maximum Gasteiger partial charge on any atom is 0.243 e. The number of sulfonamides is 1. The summed E-state index contributed by atoms with van der Waals surface area (Å²) in [5.74, 6) is 0.769. The Labute approximate surface area is 192 Å². The third-order valence-electron chi connectivity index (χ3n) is 6.03. The fourth-order valence-electron chi connectivity index (χ4n) is 4.04. The van der Waals surface area contributed by atoms with Crippen LogP contribution in [0.4, 0.5) is 0 Å². The molecule has 7 heteroatoms. The van der Waals surface area contributed by atoms with E-state index in [0.717, 1.165) is 49.0 Å².